The van der Waals surface area contributed by atoms with Crippen LogP contribution >= 0.6 is 0 Å². The zero-order valence-corrected chi connectivity index (χ0v) is 15.8. The van der Waals surface area contributed by atoms with Gasteiger partial charge in [0.05, 0.1) is 20.3 Å². The van der Waals surface area contributed by atoms with Gasteiger partial charge in [0, 0.05) is 25.3 Å². The number of morpholine rings is 1. The molecule has 1 saturated heterocycles. The molecule has 1 fully saturated rings. The van der Waals surface area contributed by atoms with Gasteiger partial charge in [0.15, 0.2) is 6.10 Å². The Kier molecular flexibility index (Phi) is 6.54. The molecule has 2 aromatic carbocycles. The number of methoxy groups -OCH3 is 1. The maximum atomic E-state index is 12.3. The fourth-order valence-corrected chi connectivity index (χ4v) is 2.89. The zero-order chi connectivity index (χ0) is 19.1. The molecule has 2 aromatic rings. The summed E-state index contributed by atoms with van der Waals surface area (Å²) in [6, 6.07) is 15.4. The summed E-state index contributed by atoms with van der Waals surface area (Å²) >= 11 is 0. The zero-order valence-electron chi connectivity index (χ0n) is 15.8. The summed E-state index contributed by atoms with van der Waals surface area (Å²) in [5, 5.41) is 2.92. The number of carbonyl (C=O) groups is 1. The van der Waals surface area contributed by atoms with Crippen LogP contribution in [-0.4, -0.2) is 45.4 Å². The van der Waals surface area contributed by atoms with Gasteiger partial charge < -0.3 is 24.4 Å². The highest BCUT2D eigenvalue weighted by Gasteiger charge is 2.15. The SMILES string of the molecule is COc1ccc(O[C@@H](C)C(=O)NCc2ccc(N3CCOCC3)cc2)cc1. The van der Waals surface area contributed by atoms with E-state index in [-0.39, 0.29) is 5.91 Å². The topological polar surface area (TPSA) is 60.0 Å². The summed E-state index contributed by atoms with van der Waals surface area (Å²) in [4.78, 5) is 14.6. The van der Waals surface area contributed by atoms with Crippen molar-refractivity contribution in [2.75, 3.05) is 38.3 Å². The molecule has 144 valence electrons. The third-order valence-electron chi connectivity index (χ3n) is 4.52. The van der Waals surface area contributed by atoms with E-state index in [1.807, 2.05) is 12.1 Å². The highest BCUT2D eigenvalue weighted by Crippen LogP contribution is 2.19. The third-order valence-corrected chi connectivity index (χ3v) is 4.52. The quantitative estimate of drug-likeness (QED) is 0.812. The number of anilines is 1. The van der Waals surface area contributed by atoms with Gasteiger partial charge in [-0.3, -0.25) is 4.79 Å². The maximum absolute atomic E-state index is 12.3. The Hall–Kier alpha value is -2.73. The third kappa shape index (κ3) is 5.37. The number of hydrogen-bond donors (Lipinski definition) is 1. The van der Waals surface area contributed by atoms with Gasteiger partial charge in [-0.05, 0) is 48.9 Å². The molecule has 3 rings (SSSR count). The Balaban J connectivity index is 1.47. The number of rotatable bonds is 7. The summed E-state index contributed by atoms with van der Waals surface area (Å²) in [6.45, 7) is 5.57. The Morgan fingerprint density at radius 1 is 1.07 bits per heavy atom. The number of nitrogens with one attached hydrogen (secondary N) is 1. The van der Waals surface area contributed by atoms with Crippen molar-refractivity contribution in [2.45, 2.75) is 19.6 Å². The molecular formula is C21H26N2O4. The summed E-state index contributed by atoms with van der Waals surface area (Å²) < 4.78 is 16.2. The smallest absolute Gasteiger partial charge is 0.261 e. The number of hydrogen-bond acceptors (Lipinski definition) is 5. The predicted octanol–water partition coefficient (Wildman–Crippen LogP) is 2.62. The number of amides is 1. The highest BCUT2D eigenvalue weighted by molar-refractivity contribution is 5.80. The van der Waals surface area contributed by atoms with Crippen LogP contribution in [0.1, 0.15) is 12.5 Å². The Morgan fingerprint density at radius 3 is 2.33 bits per heavy atom. The molecule has 6 nitrogen and oxygen atoms in total. The minimum Gasteiger partial charge on any atom is -0.497 e. The van der Waals surface area contributed by atoms with Crippen LogP contribution in [0.15, 0.2) is 48.5 Å². The lowest BCUT2D eigenvalue weighted by Gasteiger charge is -2.28. The van der Waals surface area contributed by atoms with Crippen LogP contribution in [0.4, 0.5) is 5.69 Å². The largest absolute Gasteiger partial charge is 0.497 e. The van der Waals surface area contributed by atoms with E-state index in [4.69, 9.17) is 14.2 Å². The average molecular weight is 370 g/mol. The fourth-order valence-electron chi connectivity index (χ4n) is 2.89. The molecule has 1 amide bonds. The van der Waals surface area contributed by atoms with Crippen LogP contribution in [0, 0.1) is 0 Å². The van der Waals surface area contributed by atoms with E-state index < -0.39 is 6.10 Å². The molecule has 0 aliphatic carbocycles. The molecule has 1 aliphatic heterocycles. The second-order valence-corrected chi connectivity index (χ2v) is 6.42. The summed E-state index contributed by atoms with van der Waals surface area (Å²) in [5.74, 6) is 1.23. The number of ether oxygens (including phenoxy) is 3. The first-order chi connectivity index (χ1) is 13.2. The Morgan fingerprint density at radius 2 is 1.70 bits per heavy atom. The maximum Gasteiger partial charge on any atom is 0.261 e. The van der Waals surface area contributed by atoms with Gasteiger partial charge in [0.1, 0.15) is 11.5 Å². The van der Waals surface area contributed by atoms with Crippen molar-refractivity contribution in [3.63, 3.8) is 0 Å². The second kappa shape index (κ2) is 9.28. The molecule has 0 aromatic heterocycles. The normalized spacial score (nSPS) is 15.1. The molecule has 1 N–H and O–H groups in total. The molecule has 0 bridgehead atoms. The summed E-state index contributed by atoms with van der Waals surface area (Å²) in [5.41, 5.74) is 2.24. The van der Waals surface area contributed by atoms with Gasteiger partial charge in [0.25, 0.3) is 5.91 Å². The molecule has 6 heteroatoms. The Bertz CT molecular complexity index is 725. The molecule has 0 radical (unpaired) electrons. The molecule has 1 atom stereocenters. The lowest BCUT2D eigenvalue weighted by Crippen LogP contribution is -2.36. The predicted molar refractivity (Wildman–Crippen MR) is 104 cm³/mol. The van der Waals surface area contributed by atoms with Gasteiger partial charge in [-0.25, -0.2) is 0 Å². The highest BCUT2D eigenvalue weighted by atomic mass is 16.5. The molecule has 1 aliphatic rings. The van der Waals surface area contributed by atoms with Crippen molar-refractivity contribution in [3.05, 3.63) is 54.1 Å². The minimum absolute atomic E-state index is 0.150. The van der Waals surface area contributed by atoms with Crippen LogP contribution in [0.2, 0.25) is 0 Å². The van der Waals surface area contributed by atoms with Crippen LogP contribution < -0.4 is 19.7 Å². The lowest BCUT2D eigenvalue weighted by atomic mass is 10.2. The molecule has 0 unspecified atom stereocenters. The van der Waals surface area contributed by atoms with E-state index in [1.54, 1.807) is 38.3 Å². The minimum atomic E-state index is -0.578. The molecule has 0 saturated carbocycles. The molecule has 0 spiro atoms. The van der Waals surface area contributed by atoms with E-state index in [1.165, 1.54) is 5.69 Å². The van der Waals surface area contributed by atoms with Crippen molar-refractivity contribution in [3.8, 4) is 11.5 Å². The van der Waals surface area contributed by atoms with Crippen molar-refractivity contribution < 1.29 is 19.0 Å². The van der Waals surface area contributed by atoms with Crippen molar-refractivity contribution in [1.29, 1.82) is 0 Å². The molecule has 1 heterocycles. The molecular weight excluding hydrogens is 344 g/mol. The van der Waals surface area contributed by atoms with Crippen molar-refractivity contribution in [2.24, 2.45) is 0 Å². The van der Waals surface area contributed by atoms with Gasteiger partial charge in [-0.1, -0.05) is 12.1 Å². The van der Waals surface area contributed by atoms with Gasteiger partial charge in [-0.15, -0.1) is 0 Å². The first-order valence-electron chi connectivity index (χ1n) is 9.16. The summed E-state index contributed by atoms with van der Waals surface area (Å²) in [6.07, 6.45) is -0.578. The number of benzene rings is 2. The average Bonchev–Trinajstić information content (AvgIpc) is 2.73. The van der Waals surface area contributed by atoms with Gasteiger partial charge in [-0.2, -0.15) is 0 Å². The number of carbonyl (C=O) groups excluding carboxylic acids is 1. The fraction of sp³-hybridized carbons (Fsp3) is 0.381. The first kappa shape index (κ1) is 19.0. The van der Waals surface area contributed by atoms with E-state index in [0.717, 1.165) is 37.6 Å². The van der Waals surface area contributed by atoms with E-state index in [2.05, 4.69) is 22.3 Å². The van der Waals surface area contributed by atoms with Crippen LogP contribution in [-0.2, 0) is 16.1 Å². The van der Waals surface area contributed by atoms with Crippen LogP contribution in [0.3, 0.4) is 0 Å². The van der Waals surface area contributed by atoms with E-state index >= 15 is 0 Å². The van der Waals surface area contributed by atoms with Gasteiger partial charge in [0.2, 0.25) is 0 Å². The summed E-state index contributed by atoms with van der Waals surface area (Å²) in [7, 11) is 1.61. The van der Waals surface area contributed by atoms with Crippen LogP contribution in [0.25, 0.3) is 0 Å². The monoisotopic (exact) mass is 370 g/mol. The standard InChI is InChI=1S/C21H26N2O4/c1-16(27-20-9-7-19(25-2)8-10-20)21(24)22-15-17-3-5-18(6-4-17)23-11-13-26-14-12-23/h3-10,16H,11-15H2,1-2H3,(H,22,24)/t16-/m0/s1. The second-order valence-electron chi connectivity index (χ2n) is 6.42. The van der Waals surface area contributed by atoms with Gasteiger partial charge >= 0.3 is 0 Å². The van der Waals surface area contributed by atoms with Crippen molar-refractivity contribution >= 4 is 11.6 Å². The Labute approximate surface area is 160 Å². The van der Waals surface area contributed by atoms with Crippen molar-refractivity contribution in [1.82, 2.24) is 5.32 Å². The molecule has 27 heavy (non-hydrogen) atoms. The van der Waals surface area contributed by atoms with E-state index in [0.29, 0.717) is 12.3 Å². The van der Waals surface area contributed by atoms with E-state index in [9.17, 15) is 4.79 Å². The number of nitrogens with zero attached hydrogens (tertiary/aromatic N) is 1. The lowest BCUT2D eigenvalue weighted by molar-refractivity contribution is -0.127. The van der Waals surface area contributed by atoms with Crippen LogP contribution in [0.5, 0.6) is 11.5 Å². The first-order valence-corrected chi connectivity index (χ1v) is 9.16.